The summed E-state index contributed by atoms with van der Waals surface area (Å²) in [5, 5.41) is 14.1. The van der Waals surface area contributed by atoms with Crippen LogP contribution < -0.4 is 14.8 Å². The van der Waals surface area contributed by atoms with E-state index in [4.69, 9.17) is 9.47 Å². The number of benzene rings is 2. The Hall–Kier alpha value is -3.09. The highest BCUT2D eigenvalue weighted by molar-refractivity contribution is 5.75. The average Bonchev–Trinajstić information content (AvgIpc) is 2.75. The van der Waals surface area contributed by atoms with Crippen molar-refractivity contribution >= 4 is 11.6 Å². The minimum atomic E-state index is -0.491. The largest absolute Gasteiger partial charge is 0.493 e. The molecule has 0 heterocycles. The molecule has 0 saturated carbocycles. The summed E-state index contributed by atoms with van der Waals surface area (Å²) in [6, 6.07) is 11.4. The van der Waals surface area contributed by atoms with E-state index in [1.165, 1.54) is 44.9 Å². The summed E-state index contributed by atoms with van der Waals surface area (Å²) in [4.78, 5) is 22.7. The van der Waals surface area contributed by atoms with Crippen LogP contribution in [0.1, 0.15) is 57.4 Å². The molecule has 0 aliphatic rings. The molecular formula is C23H30N2O5. The van der Waals surface area contributed by atoms with Crippen LogP contribution in [0.25, 0.3) is 0 Å². The molecule has 7 nitrogen and oxygen atoms in total. The summed E-state index contributed by atoms with van der Waals surface area (Å²) in [5.41, 5.74) is 0.739. The number of rotatable bonds is 13. The van der Waals surface area contributed by atoms with Gasteiger partial charge in [-0.05, 0) is 30.2 Å². The van der Waals surface area contributed by atoms with Crippen molar-refractivity contribution in [1.29, 1.82) is 0 Å². The van der Waals surface area contributed by atoms with E-state index in [1.54, 1.807) is 30.3 Å². The van der Waals surface area contributed by atoms with E-state index < -0.39 is 4.92 Å². The smallest absolute Gasteiger partial charge is 0.311 e. The number of ether oxygens (including phenoxy) is 2. The van der Waals surface area contributed by atoms with Crippen molar-refractivity contribution in [3.63, 3.8) is 0 Å². The van der Waals surface area contributed by atoms with Gasteiger partial charge in [0.1, 0.15) is 0 Å². The van der Waals surface area contributed by atoms with Gasteiger partial charge in [-0.2, -0.15) is 0 Å². The fraction of sp³-hybridized carbons (Fsp3) is 0.435. The van der Waals surface area contributed by atoms with Gasteiger partial charge in [-0.1, -0.05) is 57.2 Å². The number of carbonyl (C=O) groups is 1. The first kappa shape index (κ1) is 23.2. The highest BCUT2D eigenvalue weighted by Crippen LogP contribution is 2.36. The van der Waals surface area contributed by atoms with E-state index >= 15 is 0 Å². The van der Waals surface area contributed by atoms with Crippen molar-refractivity contribution in [2.45, 2.75) is 58.4 Å². The third-order valence-corrected chi connectivity index (χ3v) is 4.76. The first-order valence-electron chi connectivity index (χ1n) is 10.4. The lowest BCUT2D eigenvalue weighted by molar-refractivity contribution is -0.385. The van der Waals surface area contributed by atoms with Crippen molar-refractivity contribution in [3.8, 4) is 17.2 Å². The summed E-state index contributed by atoms with van der Waals surface area (Å²) in [5.74, 6) is 0.982. The zero-order valence-corrected chi connectivity index (χ0v) is 17.7. The molecule has 2 rings (SSSR count). The standard InChI is InChI=1S/C23H30N2O5/c1-3-4-5-6-7-8-13-23(26)24-17-18-14-15-21(22(16-18)29-2)30-20-12-10-9-11-19(20)25(27)28/h9-12,14-16H,3-8,13,17H2,1-2H3,(H,24,26). The van der Waals surface area contributed by atoms with E-state index in [-0.39, 0.29) is 17.3 Å². The molecule has 1 N–H and O–H groups in total. The van der Waals surface area contributed by atoms with Crippen LogP contribution in [-0.4, -0.2) is 17.9 Å². The van der Waals surface area contributed by atoms with Crippen molar-refractivity contribution < 1.29 is 19.2 Å². The summed E-state index contributed by atoms with van der Waals surface area (Å²) < 4.78 is 11.1. The predicted molar refractivity (Wildman–Crippen MR) is 116 cm³/mol. The summed E-state index contributed by atoms with van der Waals surface area (Å²) in [6.45, 7) is 2.57. The molecule has 7 heteroatoms. The second-order valence-corrected chi connectivity index (χ2v) is 7.11. The molecule has 162 valence electrons. The molecule has 0 aliphatic carbocycles. The second kappa shape index (κ2) is 12.5. The van der Waals surface area contributed by atoms with Crippen LogP contribution in [0.5, 0.6) is 17.2 Å². The summed E-state index contributed by atoms with van der Waals surface area (Å²) >= 11 is 0. The molecule has 0 aromatic heterocycles. The SMILES string of the molecule is CCCCCCCCC(=O)NCc1ccc(Oc2ccccc2[N+](=O)[O-])c(OC)c1. The van der Waals surface area contributed by atoms with E-state index in [9.17, 15) is 14.9 Å². The average molecular weight is 415 g/mol. The second-order valence-electron chi connectivity index (χ2n) is 7.11. The van der Waals surface area contributed by atoms with Gasteiger partial charge in [0.15, 0.2) is 11.5 Å². The molecule has 0 saturated heterocycles. The number of hydrogen-bond donors (Lipinski definition) is 1. The Bertz CT molecular complexity index is 838. The van der Waals surface area contributed by atoms with Gasteiger partial charge in [0, 0.05) is 19.0 Å². The third kappa shape index (κ3) is 7.39. The Labute approximate surface area is 177 Å². The third-order valence-electron chi connectivity index (χ3n) is 4.76. The molecule has 2 aromatic carbocycles. The summed E-state index contributed by atoms with van der Waals surface area (Å²) in [6.07, 6.45) is 7.40. The number of nitro benzene ring substituents is 1. The molecule has 0 aliphatic heterocycles. The van der Waals surface area contributed by atoms with Gasteiger partial charge < -0.3 is 14.8 Å². The molecule has 30 heavy (non-hydrogen) atoms. The number of carbonyl (C=O) groups excluding carboxylic acids is 1. The van der Waals surface area contributed by atoms with Crippen LogP contribution in [0.3, 0.4) is 0 Å². The van der Waals surface area contributed by atoms with Gasteiger partial charge in [-0.15, -0.1) is 0 Å². The normalized spacial score (nSPS) is 10.5. The number of methoxy groups -OCH3 is 1. The minimum Gasteiger partial charge on any atom is -0.493 e. The van der Waals surface area contributed by atoms with Crippen molar-refractivity contribution in [1.82, 2.24) is 5.32 Å². The topological polar surface area (TPSA) is 90.7 Å². The minimum absolute atomic E-state index is 0.0321. The fourth-order valence-corrected chi connectivity index (χ4v) is 3.07. The molecule has 0 atom stereocenters. The number of amides is 1. The van der Waals surface area contributed by atoms with Crippen molar-refractivity contribution in [3.05, 3.63) is 58.1 Å². The Kier molecular flexibility index (Phi) is 9.64. The number of nitrogens with one attached hydrogen (secondary N) is 1. The molecule has 0 fully saturated rings. The monoisotopic (exact) mass is 414 g/mol. The van der Waals surface area contributed by atoms with E-state index in [2.05, 4.69) is 12.2 Å². The molecule has 0 radical (unpaired) electrons. The zero-order chi connectivity index (χ0) is 21.8. The lowest BCUT2D eigenvalue weighted by Crippen LogP contribution is -2.22. The van der Waals surface area contributed by atoms with E-state index in [0.717, 1.165) is 18.4 Å². The first-order chi connectivity index (χ1) is 14.5. The lowest BCUT2D eigenvalue weighted by atomic mass is 10.1. The van der Waals surface area contributed by atoms with Crippen molar-refractivity contribution in [2.75, 3.05) is 7.11 Å². The number of para-hydroxylation sites is 2. The molecule has 2 aromatic rings. The summed E-state index contributed by atoms with van der Waals surface area (Å²) in [7, 11) is 1.50. The van der Waals surface area contributed by atoms with Gasteiger partial charge in [0.2, 0.25) is 11.7 Å². The highest BCUT2D eigenvalue weighted by atomic mass is 16.6. The van der Waals surface area contributed by atoms with E-state index in [0.29, 0.717) is 24.5 Å². The predicted octanol–water partition coefficient (Wildman–Crippen LogP) is 5.76. The van der Waals surface area contributed by atoms with Gasteiger partial charge in [0.25, 0.3) is 0 Å². The quantitative estimate of drug-likeness (QED) is 0.255. The van der Waals surface area contributed by atoms with Gasteiger partial charge in [0.05, 0.1) is 12.0 Å². The Morgan fingerprint density at radius 2 is 1.73 bits per heavy atom. The molecular weight excluding hydrogens is 384 g/mol. The van der Waals surface area contributed by atoms with E-state index in [1.807, 2.05) is 0 Å². The van der Waals surface area contributed by atoms with Crippen LogP contribution in [0.15, 0.2) is 42.5 Å². The number of nitro groups is 1. The number of hydrogen-bond acceptors (Lipinski definition) is 5. The zero-order valence-electron chi connectivity index (χ0n) is 17.7. The Morgan fingerprint density at radius 1 is 1.00 bits per heavy atom. The fourth-order valence-electron chi connectivity index (χ4n) is 3.07. The van der Waals surface area contributed by atoms with Gasteiger partial charge in [-0.25, -0.2) is 0 Å². The van der Waals surface area contributed by atoms with Crippen molar-refractivity contribution in [2.24, 2.45) is 0 Å². The molecule has 0 bridgehead atoms. The number of unbranched alkanes of at least 4 members (excludes halogenated alkanes) is 5. The van der Waals surface area contributed by atoms with Gasteiger partial charge in [-0.3, -0.25) is 14.9 Å². The van der Waals surface area contributed by atoms with Gasteiger partial charge >= 0.3 is 5.69 Å². The first-order valence-corrected chi connectivity index (χ1v) is 10.4. The van der Waals surface area contributed by atoms with Crippen LogP contribution in [0.2, 0.25) is 0 Å². The molecule has 0 spiro atoms. The Balaban J connectivity index is 1.90. The maximum absolute atomic E-state index is 12.0. The maximum Gasteiger partial charge on any atom is 0.311 e. The highest BCUT2D eigenvalue weighted by Gasteiger charge is 2.16. The van der Waals surface area contributed by atoms with Crippen LogP contribution in [0.4, 0.5) is 5.69 Å². The van der Waals surface area contributed by atoms with Crippen LogP contribution in [-0.2, 0) is 11.3 Å². The number of nitrogens with zero attached hydrogens (tertiary/aromatic N) is 1. The Morgan fingerprint density at radius 3 is 2.47 bits per heavy atom. The lowest BCUT2D eigenvalue weighted by Gasteiger charge is -2.12. The molecule has 1 amide bonds. The van der Waals surface area contributed by atoms with Crippen LogP contribution >= 0.6 is 0 Å². The van der Waals surface area contributed by atoms with Crippen LogP contribution in [0, 0.1) is 10.1 Å². The molecule has 0 unspecified atom stereocenters. The maximum atomic E-state index is 12.0.